The topological polar surface area (TPSA) is 105 Å². The number of amides is 2. The molecule has 0 aromatic heterocycles. The van der Waals surface area contributed by atoms with E-state index in [1.54, 1.807) is 25.7 Å². The van der Waals surface area contributed by atoms with Crippen LogP contribution >= 0.6 is 0 Å². The average Bonchev–Trinajstić information content (AvgIpc) is 2.75. The maximum absolute atomic E-state index is 13.7. The number of anilines is 2. The molecule has 1 unspecified atom stereocenters. The van der Waals surface area contributed by atoms with Gasteiger partial charge in [-0.3, -0.25) is 14.4 Å². The number of likely N-dealkylation sites (tertiary alicyclic amines) is 1. The normalized spacial score (nSPS) is 17.7. The first-order valence-electron chi connectivity index (χ1n) is 11.9. The van der Waals surface area contributed by atoms with Crippen molar-refractivity contribution in [3.05, 3.63) is 48.0 Å². The molecule has 38 heavy (non-hydrogen) atoms. The first-order chi connectivity index (χ1) is 17.6. The summed E-state index contributed by atoms with van der Waals surface area (Å²) in [6.07, 6.45) is -5.62. The molecule has 0 aliphatic carbocycles. The molecule has 1 fully saturated rings. The number of halogens is 3. The summed E-state index contributed by atoms with van der Waals surface area (Å²) in [5.74, 6) is -0.104. The van der Waals surface area contributed by atoms with Crippen molar-refractivity contribution in [1.82, 2.24) is 4.90 Å². The number of fused-ring (bicyclic) bond motifs is 1. The Morgan fingerprint density at radius 3 is 2.42 bits per heavy atom. The van der Waals surface area contributed by atoms with Crippen LogP contribution in [0.2, 0.25) is 0 Å². The Labute approximate surface area is 218 Å². The number of rotatable bonds is 5. The first-order valence-corrected chi connectivity index (χ1v) is 13.4. The molecule has 1 saturated heterocycles. The van der Waals surface area contributed by atoms with Crippen LogP contribution in [0, 0.1) is 0 Å². The summed E-state index contributed by atoms with van der Waals surface area (Å²) in [5.41, 5.74) is -1.71. The van der Waals surface area contributed by atoms with E-state index in [1.807, 2.05) is 0 Å². The predicted octanol–water partition coefficient (Wildman–Crippen LogP) is 4.63. The van der Waals surface area contributed by atoms with E-state index in [1.165, 1.54) is 18.2 Å². The highest BCUT2D eigenvalue weighted by molar-refractivity contribution is 7.92. The molecule has 1 N–H and O–H groups in total. The van der Waals surface area contributed by atoms with Gasteiger partial charge >= 0.3 is 12.3 Å². The summed E-state index contributed by atoms with van der Waals surface area (Å²) in [5, 5.41) is 2.52. The Bertz CT molecular complexity index is 1340. The number of carbonyl (C=O) groups excluding carboxylic acids is 2. The van der Waals surface area contributed by atoms with Gasteiger partial charge in [-0.25, -0.2) is 13.2 Å². The van der Waals surface area contributed by atoms with Gasteiger partial charge in [-0.1, -0.05) is 6.07 Å². The summed E-state index contributed by atoms with van der Waals surface area (Å²) in [7, 11) is -4.53. The van der Waals surface area contributed by atoms with Gasteiger partial charge in [0.1, 0.15) is 17.5 Å². The smallest absolute Gasteiger partial charge is 0.416 e. The highest BCUT2D eigenvalue weighted by Gasteiger charge is 2.38. The molecule has 13 heteroatoms. The van der Waals surface area contributed by atoms with Crippen molar-refractivity contribution < 1.29 is 40.7 Å². The van der Waals surface area contributed by atoms with Gasteiger partial charge in [0.15, 0.2) is 0 Å². The fourth-order valence-corrected chi connectivity index (χ4v) is 5.54. The fraction of sp³-hybridized carbons (Fsp3) is 0.440. The Kier molecular flexibility index (Phi) is 7.26. The Morgan fingerprint density at radius 1 is 1.11 bits per heavy atom. The summed E-state index contributed by atoms with van der Waals surface area (Å²) >= 11 is 0. The van der Waals surface area contributed by atoms with Crippen LogP contribution in [0.3, 0.4) is 0 Å². The van der Waals surface area contributed by atoms with E-state index >= 15 is 0 Å². The lowest BCUT2D eigenvalue weighted by molar-refractivity contribution is -0.138. The van der Waals surface area contributed by atoms with Gasteiger partial charge in [0.2, 0.25) is 5.91 Å². The highest BCUT2D eigenvalue weighted by atomic mass is 32.2. The van der Waals surface area contributed by atoms with Gasteiger partial charge in [0.05, 0.1) is 29.1 Å². The molecule has 2 amide bonds. The maximum atomic E-state index is 13.7. The van der Waals surface area contributed by atoms with Crippen LogP contribution in [0.5, 0.6) is 5.75 Å². The molecule has 9 nitrogen and oxygen atoms in total. The standard InChI is InChI=1S/C25H28F3N3O6S/c1-24(2,3)37-23(33)29-17-8-9-21-20(13-17)31(15-18(36-21)14-22(32)30-10-5-11-30)38(34,35)19-7-4-6-16(12-19)25(26,27)28/h4,6-9,12-13,18H,5,10-11,14-15H2,1-3H3,(H,29,33). The largest absolute Gasteiger partial charge is 0.486 e. The van der Waals surface area contributed by atoms with Crippen molar-refractivity contribution in [1.29, 1.82) is 0 Å². The second kappa shape index (κ2) is 10.0. The van der Waals surface area contributed by atoms with Crippen LogP contribution in [0.25, 0.3) is 0 Å². The third-order valence-corrected chi connectivity index (χ3v) is 7.67. The molecule has 2 aromatic carbocycles. The van der Waals surface area contributed by atoms with Gasteiger partial charge in [-0.15, -0.1) is 0 Å². The Morgan fingerprint density at radius 2 is 1.82 bits per heavy atom. The van der Waals surface area contributed by atoms with Crippen LogP contribution in [-0.2, 0) is 25.7 Å². The van der Waals surface area contributed by atoms with Gasteiger partial charge < -0.3 is 14.4 Å². The molecule has 2 aliphatic heterocycles. The summed E-state index contributed by atoms with van der Waals surface area (Å²) in [6.45, 7) is 5.93. The fourth-order valence-electron chi connectivity index (χ4n) is 3.99. The van der Waals surface area contributed by atoms with Gasteiger partial charge in [0.25, 0.3) is 10.0 Å². The summed E-state index contributed by atoms with van der Waals surface area (Å²) < 4.78 is 79.4. The second-order valence-corrected chi connectivity index (χ2v) is 11.9. The highest BCUT2D eigenvalue weighted by Crippen LogP contribution is 2.40. The van der Waals surface area contributed by atoms with Gasteiger partial charge in [-0.2, -0.15) is 13.2 Å². The van der Waals surface area contributed by atoms with Crippen molar-refractivity contribution in [2.24, 2.45) is 0 Å². The number of hydrogen-bond acceptors (Lipinski definition) is 6. The molecular formula is C25H28F3N3O6S. The Hall–Kier alpha value is -3.48. The van der Waals surface area contributed by atoms with Crippen LogP contribution in [0.4, 0.5) is 29.3 Å². The van der Waals surface area contributed by atoms with E-state index in [9.17, 15) is 31.2 Å². The molecule has 2 heterocycles. The minimum absolute atomic E-state index is 0.00335. The van der Waals surface area contributed by atoms with Crippen LogP contribution in [0.1, 0.15) is 39.2 Å². The molecule has 4 rings (SSSR count). The predicted molar refractivity (Wildman–Crippen MR) is 133 cm³/mol. The number of nitrogens with one attached hydrogen (secondary N) is 1. The number of nitrogens with zero attached hydrogens (tertiary/aromatic N) is 2. The monoisotopic (exact) mass is 555 g/mol. The van der Waals surface area contributed by atoms with E-state index < -0.39 is 44.5 Å². The lowest BCUT2D eigenvalue weighted by Crippen LogP contribution is -2.48. The third-order valence-electron chi connectivity index (χ3n) is 5.90. The van der Waals surface area contributed by atoms with Crippen molar-refractivity contribution in [3.63, 3.8) is 0 Å². The minimum atomic E-state index is -4.74. The van der Waals surface area contributed by atoms with E-state index in [0.717, 1.165) is 28.9 Å². The number of hydrogen-bond donors (Lipinski definition) is 1. The molecule has 1 atom stereocenters. The van der Waals surface area contributed by atoms with Crippen molar-refractivity contribution in [2.45, 2.75) is 56.4 Å². The molecule has 206 valence electrons. The lowest BCUT2D eigenvalue weighted by atomic mass is 10.1. The molecule has 0 saturated carbocycles. The number of carbonyl (C=O) groups is 2. The molecule has 0 bridgehead atoms. The zero-order chi connectivity index (χ0) is 27.9. The van der Waals surface area contributed by atoms with Crippen LogP contribution in [-0.4, -0.2) is 56.7 Å². The van der Waals surface area contributed by atoms with E-state index in [2.05, 4.69) is 5.32 Å². The first kappa shape index (κ1) is 27.6. The average molecular weight is 556 g/mol. The Balaban J connectivity index is 1.70. The van der Waals surface area contributed by atoms with E-state index in [0.29, 0.717) is 19.2 Å². The third kappa shape index (κ3) is 6.14. The number of alkyl halides is 3. The minimum Gasteiger partial charge on any atom is -0.486 e. The van der Waals surface area contributed by atoms with Crippen LogP contribution < -0.4 is 14.4 Å². The van der Waals surface area contributed by atoms with Crippen molar-refractivity contribution >= 4 is 33.4 Å². The van der Waals surface area contributed by atoms with Crippen LogP contribution in [0.15, 0.2) is 47.4 Å². The number of benzene rings is 2. The zero-order valence-corrected chi connectivity index (χ0v) is 21.9. The molecule has 2 aromatic rings. The SMILES string of the molecule is CC(C)(C)OC(=O)Nc1ccc2c(c1)N(S(=O)(=O)c1cccc(C(F)(F)F)c1)CC(CC(=O)N1CCC1)O2. The zero-order valence-electron chi connectivity index (χ0n) is 21.0. The molecule has 0 radical (unpaired) electrons. The van der Waals surface area contributed by atoms with Crippen molar-refractivity contribution in [2.75, 3.05) is 29.3 Å². The van der Waals surface area contributed by atoms with E-state index in [4.69, 9.17) is 9.47 Å². The molecule has 2 aliphatic rings. The quantitative estimate of drug-likeness (QED) is 0.577. The summed E-state index contributed by atoms with van der Waals surface area (Å²) in [4.78, 5) is 25.9. The molecular weight excluding hydrogens is 527 g/mol. The van der Waals surface area contributed by atoms with E-state index in [-0.39, 0.29) is 36.0 Å². The van der Waals surface area contributed by atoms with Crippen molar-refractivity contribution in [3.8, 4) is 5.75 Å². The second-order valence-electron chi connectivity index (χ2n) is 10.0. The molecule has 0 spiro atoms. The maximum Gasteiger partial charge on any atom is 0.416 e. The lowest BCUT2D eigenvalue weighted by Gasteiger charge is -2.37. The van der Waals surface area contributed by atoms with Gasteiger partial charge in [-0.05, 0) is 63.6 Å². The number of ether oxygens (including phenoxy) is 2. The summed E-state index contributed by atoms with van der Waals surface area (Å²) in [6, 6.07) is 7.66. The van der Waals surface area contributed by atoms with Gasteiger partial charge in [0, 0.05) is 18.8 Å². The number of sulfonamides is 1.